The molecule has 0 radical (unpaired) electrons. The molecule has 2 N–H and O–H groups in total. The summed E-state index contributed by atoms with van der Waals surface area (Å²) in [5.74, 6) is -0.614. The lowest BCUT2D eigenvalue weighted by molar-refractivity contribution is -0.0212. The Hall–Kier alpha value is -2.57. The average Bonchev–Trinajstić information content (AvgIpc) is 3.55. The van der Waals surface area contributed by atoms with Crippen molar-refractivity contribution in [1.82, 2.24) is 15.2 Å². The van der Waals surface area contributed by atoms with Crippen LogP contribution >= 0.6 is 11.3 Å². The van der Waals surface area contributed by atoms with Crippen molar-refractivity contribution in [2.75, 3.05) is 63.8 Å². The van der Waals surface area contributed by atoms with Gasteiger partial charge in [0.1, 0.15) is 5.69 Å². The zero-order valence-corrected chi connectivity index (χ0v) is 22.8. The normalized spacial score (nSPS) is 21.1. The van der Waals surface area contributed by atoms with Crippen LogP contribution in [0.4, 0.5) is 10.8 Å². The molecule has 0 spiro atoms. The van der Waals surface area contributed by atoms with Crippen LogP contribution in [0.2, 0.25) is 0 Å². The van der Waals surface area contributed by atoms with E-state index in [0.29, 0.717) is 36.7 Å². The number of thiazole rings is 1. The van der Waals surface area contributed by atoms with Crippen LogP contribution in [-0.4, -0.2) is 93.6 Å². The number of aromatic nitrogens is 1. The van der Waals surface area contributed by atoms with E-state index in [1.54, 1.807) is 25.7 Å². The summed E-state index contributed by atoms with van der Waals surface area (Å²) in [6.07, 6.45) is 1.30. The molecule has 2 aliphatic heterocycles. The molecule has 3 atom stereocenters. The van der Waals surface area contributed by atoms with Crippen molar-refractivity contribution >= 4 is 34.0 Å². The summed E-state index contributed by atoms with van der Waals surface area (Å²) in [4.78, 5) is 35.3. The minimum Gasteiger partial charge on any atom is -0.383 e. The van der Waals surface area contributed by atoms with Gasteiger partial charge in [0.05, 0.1) is 36.7 Å². The highest BCUT2D eigenvalue weighted by Crippen LogP contribution is 2.27. The van der Waals surface area contributed by atoms with E-state index < -0.39 is 0 Å². The number of ether oxygens (including phenoxy) is 3. The summed E-state index contributed by atoms with van der Waals surface area (Å²) >= 11 is 1.43. The lowest BCUT2D eigenvalue weighted by Gasteiger charge is -2.31. The minimum absolute atomic E-state index is 0.175. The average molecular weight is 532 g/mol. The molecule has 0 saturated carbocycles. The number of nitrogens with zero attached hydrogens (tertiary/aromatic N) is 3. The number of benzene rings is 1. The molecule has 2 amide bonds. The maximum Gasteiger partial charge on any atom is 0.275 e. The topological polar surface area (TPSA) is 105 Å². The smallest absolute Gasteiger partial charge is 0.275 e. The number of amides is 2. The zero-order valence-electron chi connectivity index (χ0n) is 22.0. The highest BCUT2D eigenvalue weighted by atomic mass is 32.1. The molecule has 1 aromatic heterocycles. The molecular formula is C26H37N5O5S. The summed E-state index contributed by atoms with van der Waals surface area (Å²) in [6, 6.07) is 5.42. The third-order valence-electron chi connectivity index (χ3n) is 6.58. The first-order valence-corrected chi connectivity index (χ1v) is 13.6. The number of nitrogens with one attached hydrogen (secondary N) is 2. The number of hydrogen-bond acceptors (Lipinski definition) is 9. The van der Waals surface area contributed by atoms with Crippen LogP contribution in [0, 0.1) is 0 Å². The Morgan fingerprint density at radius 3 is 2.81 bits per heavy atom. The van der Waals surface area contributed by atoms with Crippen molar-refractivity contribution < 1.29 is 23.8 Å². The van der Waals surface area contributed by atoms with Crippen LogP contribution in [0.1, 0.15) is 46.7 Å². The maximum absolute atomic E-state index is 13.2. The third-order valence-corrected chi connectivity index (χ3v) is 7.48. The van der Waals surface area contributed by atoms with E-state index >= 15 is 0 Å². The number of carbonyl (C=O) groups excluding carboxylic acids is 2. The van der Waals surface area contributed by atoms with Crippen molar-refractivity contribution in [3.05, 3.63) is 40.4 Å². The Bertz CT molecular complexity index is 1080. The Balaban J connectivity index is 1.50. The minimum atomic E-state index is -0.348. The number of carbonyl (C=O) groups is 2. The van der Waals surface area contributed by atoms with Gasteiger partial charge in [0.2, 0.25) is 0 Å². The highest BCUT2D eigenvalue weighted by Gasteiger charge is 2.26. The lowest BCUT2D eigenvalue weighted by atomic mass is 10.1. The van der Waals surface area contributed by atoms with Gasteiger partial charge >= 0.3 is 0 Å². The first kappa shape index (κ1) is 27.5. The number of rotatable bonds is 10. The molecular weight excluding hydrogens is 494 g/mol. The van der Waals surface area contributed by atoms with Crippen LogP contribution in [-0.2, 0) is 20.8 Å². The molecule has 2 fully saturated rings. The first-order valence-electron chi connectivity index (χ1n) is 12.7. The van der Waals surface area contributed by atoms with Crippen LogP contribution in [0.25, 0.3) is 0 Å². The molecule has 0 bridgehead atoms. The van der Waals surface area contributed by atoms with Crippen molar-refractivity contribution in [2.24, 2.45) is 0 Å². The number of anilines is 2. The van der Waals surface area contributed by atoms with Gasteiger partial charge in [-0.25, -0.2) is 4.98 Å². The van der Waals surface area contributed by atoms with Crippen LogP contribution in [0.5, 0.6) is 0 Å². The second-order valence-electron chi connectivity index (χ2n) is 9.69. The van der Waals surface area contributed by atoms with Crippen LogP contribution in [0.3, 0.4) is 0 Å². The Morgan fingerprint density at radius 2 is 2.08 bits per heavy atom. The molecule has 10 nitrogen and oxygen atoms in total. The van der Waals surface area contributed by atoms with Gasteiger partial charge in [-0.1, -0.05) is 6.07 Å². The number of hydrogen-bond donors (Lipinski definition) is 2. The van der Waals surface area contributed by atoms with Crippen molar-refractivity contribution in [1.29, 1.82) is 0 Å². The standard InChI is InChI=1S/C26H37N5O5S/c1-17(15-34-3)27-24(32)21-11-19(13-30-9-10-36-18(2)12-30)5-6-22(21)28-25(33)23-16-37-26(29-23)31-8-7-20(14-31)35-4/h5-6,11,16-18,20H,7-10,12-15H2,1-4H3,(H,27,32)(H,28,33)/t17-,18+,20+/m1/s1. The molecule has 2 saturated heterocycles. The first-order chi connectivity index (χ1) is 17.9. The van der Waals surface area contributed by atoms with Gasteiger partial charge in [0.25, 0.3) is 11.8 Å². The summed E-state index contributed by atoms with van der Waals surface area (Å²) in [5.41, 5.74) is 2.18. The largest absolute Gasteiger partial charge is 0.383 e. The predicted octanol–water partition coefficient (Wildman–Crippen LogP) is 2.61. The third kappa shape index (κ3) is 7.26. The van der Waals surface area contributed by atoms with E-state index in [9.17, 15) is 9.59 Å². The van der Waals surface area contributed by atoms with Crippen molar-refractivity contribution in [2.45, 2.75) is 45.1 Å². The highest BCUT2D eigenvalue weighted by molar-refractivity contribution is 7.14. The van der Waals surface area contributed by atoms with Gasteiger partial charge in [-0.05, 0) is 38.0 Å². The molecule has 3 heterocycles. The fourth-order valence-corrected chi connectivity index (χ4v) is 5.51. The van der Waals surface area contributed by atoms with Crippen molar-refractivity contribution in [3.8, 4) is 0 Å². The molecule has 2 aliphatic rings. The predicted molar refractivity (Wildman–Crippen MR) is 144 cm³/mol. The molecule has 0 unspecified atom stereocenters. The van der Waals surface area contributed by atoms with E-state index in [1.807, 2.05) is 19.1 Å². The monoisotopic (exact) mass is 531 g/mol. The van der Waals surface area contributed by atoms with Gasteiger partial charge in [-0.3, -0.25) is 14.5 Å². The van der Waals surface area contributed by atoms with Crippen LogP contribution < -0.4 is 15.5 Å². The van der Waals surface area contributed by atoms with Gasteiger partial charge in [0.15, 0.2) is 5.13 Å². The fourth-order valence-electron chi connectivity index (χ4n) is 4.67. The second-order valence-corrected chi connectivity index (χ2v) is 10.5. The molecule has 202 valence electrons. The Kier molecular flexibility index (Phi) is 9.49. The van der Waals surface area contributed by atoms with E-state index in [-0.39, 0.29) is 30.1 Å². The quantitative estimate of drug-likeness (QED) is 0.482. The van der Waals surface area contributed by atoms with Crippen LogP contribution in [0.15, 0.2) is 23.6 Å². The van der Waals surface area contributed by atoms with E-state index in [1.165, 1.54) is 11.3 Å². The molecule has 1 aromatic carbocycles. The van der Waals surface area contributed by atoms with E-state index in [4.69, 9.17) is 14.2 Å². The Labute approximate surface area is 222 Å². The molecule has 4 rings (SSSR count). The summed E-state index contributed by atoms with van der Waals surface area (Å²) in [5, 5.41) is 8.42. The lowest BCUT2D eigenvalue weighted by Crippen LogP contribution is -2.40. The molecule has 0 aliphatic carbocycles. The maximum atomic E-state index is 13.2. The summed E-state index contributed by atoms with van der Waals surface area (Å²) in [7, 11) is 3.31. The number of methoxy groups -OCH3 is 2. The fraction of sp³-hybridized carbons (Fsp3) is 0.577. The SMILES string of the molecule is COC[C@@H](C)NC(=O)c1cc(CN2CCO[C@@H](C)C2)ccc1NC(=O)c1csc(N2CC[C@H](OC)C2)n1. The molecule has 2 aromatic rings. The second kappa shape index (κ2) is 12.8. The van der Waals surface area contributed by atoms with Gasteiger partial charge < -0.3 is 29.7 Å². The summed E-state index contributed by atoms with van der Waals surface area (Å²) in [6.45, 7) is 8.99. The van der Waals surface area contributed by atoms with Gasteiger partial charge in [-0.15, -0.1) is 11.3 Å². The Morgan fingerprint density at radius 1 is 1.24 bits per heavy atom. The molecule has 37 heavy (non-hydrogen) atoms. The zero-order chi connectivity index (χ0) is 26.4. The molecule has 11 heteroatoms. The van der Waals surface area contributed by atoms with E-state index in [0.717, 1.165) is 43.3 Å². The van der Waals surface area contributed by atoms with Gasteiger partial charge in [-0.2, -0.15) is 0 Å². The summed E-state index contributed by atoms with van der Waals surface area (Å²) < 4.78 is 16.2. The van der Waals surface area contributed by atoms with E-state index in [2.05, 4.69) is 32.3 Å². The van der Waals surface area contributed by atoms with Gasteiger partial charge in [0, 0.05) is 58.4 Å². The van der Waals surface area contributed by atoms with Crippen molar-refractivity contribution in [3.63, 3.8) is 0 Å². The number of morpholine rings is 1.